The van der Waals surface area contributed by atoms with Crippen LogP contribution >= 0.6 is 0 Å². The summed E-state index contributed by atoms with van der Waals surface area (Å²) in [6, 6.07) is 0. The number of carbonyl (C=O) groups is 1. The first-order chi connectivity index (χ1) is 8.62. The van der Waals surface area contributed by atoms with Crippen LogP contribution in [-0.4, -0.2) is 49.6 Å². The molecule has 0 aliphatic rings. The van der Waals surface area contributed by atoms with Crippen molar-refractivity contribution in [3.05, 3.63) is 0 Å². The lowest BCUT2D eigenvalue weighted by molar-refractivity contribution is -0.120. The van der Waals surface area contributed by atoms with Crippen LogP contribution in [0.15, 0.2) is 0 Å². The second-order valence-electron chi connectivity index (χ2n) is 5.16. The molecule has 0 aliphatic heterocycles. The van der Waals surface area contributed by atoms with E-state index >= 15 is 0 Å². The van der Waals surface area contributed by atoms with Gasteiger partial charge in [0.25, 0.3) is 0 Å². The van der Waals surface area contributed by atoms with Gasteiger partial charge in [0.15, 0.2) is 0 Å². The van der Waals surface area contributed by atoms with Gasteiger partial charge in [-0.25, -0.2) is 12.7 Å². The molecule has 1 amide bonds. The Hall–Kier alpha value is -0.660. The van der Waals surface area contributed by atoms with Gasteiger partial charge < -0.3 is 11.1 Å². The van der Waals surface area contributed by atoms with E-state index in [-0.39, 0.29) is 12.5 Å². The van der Waals surface area contributed by atoms with Crippen LogP contribution in [0.1, 0.15) is 34.6 Å². The average Bonchev–Trinajstić information content (AvgIpc) is 2.28. The van der Waals surface area contributed by atoms with Crippen LogP contribution in [-0.2, 0) is 14.8 Å². The van der Waals surface area contributed by atoms with Crippen molar-refractivity contribution in [1.29, 1.82) is 0 Å². The van der Waals surface area contributed by atoms with Crippen LogP contribution in [0.2, 0.25) is 0 Å². The maximum Gasteiger partial charge on any atom is 0.237 e. The molecule has 0 saturated carbocycles. The molecule has 0 rings (SSSR count). The molecule has 1 unspecified atom stereocenters. The molecule has 0 spiro atoms. The normalized spacial score (nSPS) is 15.6. The highest BCUT2D eigenvalue weighted by atomic mass is 32.2. The number of hydrogen-bond acceptors (Lipinski definition) is 4. The van der Waals surface area contributed by atoms with Crippen LogP contribution in [0.5, 0.6) is 0 Å². The van der Waals surface area contributed by atoms with E-state index in [9.17, 15) is 13.2 Å². The number of carbonyl (C=O) groups excluding carboxylic acids is 1. The van der Waals surface area contributed by atoms with Crippen LogP contribution in [0, 0.1) is 5.92 Å². The van der Waals surface area contributed by atoms with E-state index in [2.05, 4.69) is 5.32 Å². The Morgan fingerprint density at radius 1 is 1.32 bits per heavy atom. The second kappa shape index (κ2) is 7.21. The van der Waals surface area contributed by atoms with Crippen LogP contribution in [0.3, 0.4) is 0 Å². The molecular formula is C12H27N3O3S. The van der Waals surface area contributed by atoms with E-state index in [0.29, 0.717) is 13.1 Å². The van der Waals surface area contributed by atoms with Gasteiger partial charge in [-0.05, 0) is 12.8 Å². The third-order valence-electron chi connectivity index (χ3n) is 3.54. The Morgan fingerprint density at radius 3 is 2.11 bits per heavy atom. The molecular weight excluding hydrogens is 266 g/mol. The minimum Gasteiger partial charge on any atom is -0.348 e. The molecule has 0 aromatic carbocycles. The highest BCUT2D eigenvalue weighted by Crippen LogP contribution is 2.14. The lowest BCUT2D eigenvalue weighted by Crippen LogP contribution is -2.56. The van der Waals surface area contributed by atoms with E-state index < -0.39 is 27.2 Å². The molecule has 0 heterocycles. The van der Waals surface area contributed by atoms with Crippen LogP contribution in [0.25, 0.3) is 0 Å². The quantitative estimate of drug-likeness (QED) is 0.666. The molecule has 6 nitrogen and oxygen atoms in total. The Bertz CT molecular complexity index is 391. The fourth-order valence-electron chi connectivity index (χ4n) is 1.66. The molecule has 0 bridgehead atoms. The Morgan fingerprint density at radius 2 is 1.79 bits per heavy atom. The lowest BCUT2D eigenvalue weighted by Gasteiger charge is -2.33. The molecule has 0 aromatic heterocycles. The van der Waals surface area contributed by atoms with Crippen molar-refractivity contribution in [3.8, 4) is 0 Å². The van der Waals surface area contributed by atoms with Gasteiger partial charge in [0, 0.05) is 19.6 Å². The van der Waals surface area contributed by atoms with Gasteiger partial charge in [0.2, 0.25) is 15.9 Å². The SMILES string of the molecule is CCN(CC)S(=O)(=O)CC(=O)NC(C)(CN)C(C)C. The number of nitrogens with one attached hydrogen (secondary N) is 1. The maximum absolute atomic E-state index is 12.0. The summed E-state index contributed by atoms with van der Waals surface area (Å²) in [5, 5.41) is 2.73. The van der Waals surface area contributed by atoms with Crippen molar-refractivity contribution >= 4 is 15.9 Å². The van der Waals surface area contributed by atoms with Gasteiger partial charge in [-0.15, -0.1) is 0 Å². The Labute approximate surface area is 116 Å². The number of nitrogens with two attached hydrogens (primary N) is 1. The zero-order chi connectivity index (χ0) is 15.3. The smallest absolute Gasteiger partial charge is 0.237 e. The third-order valence-corrected chi connectivity index (χ3v) is 5.47. The molecule has 3 N–H and O–H groups in total. The number of amides is 1. The molecule has 7 heteroatoms. The predicted octanol–water partition coefficient (Wildman–Crippen LogP) is 0.148. The highest BCUT2D eigenvalue weighted by Gasteiger charge is 2.31. The van der Waals surface area contributed by atoms with Crippen molar-refractivity contribution < 1.29 is 13.2 Å². The first-order valence-electron chi connectivity index (χ1n) is 6.61. The maximum atomic E-state index is 12.0. The molecule has 19 heavy (non-hydrogen) atoms. The van der Waals surface area contributed by atoms with Gasteiger partial charge in [0.1, 0.15) is 5.75 Å². The summed E-state index contributed by atoms with van der Waals surface area (Å²) in [7, 11) is -3.55. The first kappa shape index (κ1) is 18.3. The molecule has 0 fully saturated rings. The molecule has 1 atom stereocenters. The molecule has 114 valence electrons. The summed E-state index contributed by atoms with van der Waals surface area (Å²) in [4.78, 5) is 11.9. The van der Waals surface area contributed by atoms with Gasteiger partial charge in [-0.1, -0.05) is 27.7 Å². The fraction of sp³-hybridized carbons (Fsp3) is 0.917. The fourth-order valence-corrected chi connectivity index (χ4v) is 3.03. The van der Waals surface area contributed by atoms with E-state index in [0.717, 1.165) is 0 Å². The molecule has 0 aromatic rings. The van der Waals surface area contributed by atoms with Crippen molar-refractivity contribution in [3.63, 3.8) is 0 Å². The Balaban J connectivity index is 4.80. The molecule has 0 radical (unpaired) electrons. The second-order valence-corrected chi connectivity index (χ2v) is 7.13. The summed E-state index contributed by atoms with van der Waals surface area (Å²) in [6.45, 7) is 10.2. The zero-order valence-corrected chi connectivity index (χ0v) is 13.4. The highest BCUT2D eigenvalue weighted by molar-refractivity contribution is 7.89. The predicted molar refractivity (Wildman–Crippen MR) is 77.1 cm³/mol. The minimum absolute atomic E-state index is 0.123. The van der Waals surface area contributed by atoms with E-state index in [1.54, 1.807) is 13.8 Å². The van der Waals surface area contributed by atoms with E-state index in [4.69, 9.17) is 5.73 Å². The van der Waals surface area contributed by atoms with Gasteiger partial charge >= 0.3 is 0 Å². The largest absolute Gasteiger partial charge is 0.348 e. The summed E-state index contributed by atoms with van der Waals surface area (Å²) < 4.78 is 25.2. The van der Waals surface area contributed by atoms with Gasteiger partial charge in [-0.2, -0.15) is 0 Å². The van der Waals surface area contributed by atoms with Crippen LogP contribution < -0.4 is 11.1 Å². The van der Waals surface area contributed by atoms with Crippen molar-refractivity contribution in [2.75, 3.05) is 25.4 Å². The number of nitrogens with zero attached hydrogens (tertiary/aromatic N) is 1. The minimum atomic E-state index is -3.55. The summed E-state index contributed by atoms with van der Waals surface area (Å²) >= 11 is 0. The number of rotatable bonds is 8. The number of hydrogen-bond donors (Lipinski definition) is 2. The monoisotopic (exact) mass is 293 g/mol. The lowest BCUT2D eigenvalue weighted by atomic mass is 9.88. The van der Waals surface area contributed by atoms with Crippen molar-refractivity contribution in [1.82, 2.24) is 9.62 Å². The van der Waals surface area contributed by atoms with Crippen LogP contribution in [0.4, 0.5) is 0 Å². The zero-order valence-electron chi connectivity index (χ0n) is 12.6. The van der Waals surface area contributed by atoms with E-state index in [1.807, 2.05) is 20.8 Å². The molecule has 0 aliphatic carbocycles. The van der Waals surface area contributed by atoms with Gasteiger partial charge in [0.05, 0.1) is 5.54 Å². The summed E-state index contributed by atoms with van der Waals surface area (Å²) in [5.74, 6) is -0.914. The average molecular weight is 293 g/mol. The summed E-state index contributed by atoms with van der Waals surface area (Å²) in [6.07, 6.45) is 0. The third kappa shape index (κ3) is 5.08. The van der Waals surface area contributed by atoms with Crippen molar-refractivity contribution in [2.24, 2.45) is 11.7 Å². The molecule has 0 saturated heterocycles. The van der Waals surface area contributed by atoms with Crippen molar-refractivity contribution in [2.45, 2.75) is 40.2 Å². The van der Waals surface area contributed by atoms with E-state index in [1.165, 1.54) is 4.31 Å². The summed E-state index contributed by atoms with van der Waals surface area (Å²) in [5.41, 5.74) is 5.07. The standard InChI is InChI=1S/C12H27N3O3S/c1-6-15(7-2)19(17,18)8-11(16)14-12(5,9-13)10(3)4/h10H,6-9,13H2,1-5H3,(H,14,16). The Kier molecular flexibility index (Phi) is 6.96. The topological polar surface area (TPSA) is 92.5 Å². The first-order valence-corrected chi connectivity index (χ1v) is 8.22. The number of sulfonamides is 1. The van der Waals surface area contributed by atoms with Gasteiger partial charge in [-0.3, -0.25) is 4.79 Å².